The van der Waals surface area contributed by atoms with Crippen LogP contribution in [0.2, 0.25) is 0 Å². The fourth-order valence-electron chi connectivity index (χ4n) is 9.97. The molecule has 61 heavy (non-hydrogen) atoms. The fourth-order valence-corrected chi connectivity index (χ4v) is 9.97. The summed E-state index contributed by atoms with van der Waals surface area (Å²) in [5.74, 6) is 1.81. The van der Waals surface area contributed by atoms with Gasteiger partial charge in [-0.05, 0) is 121 Å². The minimum absolute atomic E-state index is 0.519. The molecule has 0 fully saturated rings. The van der Waals surface area contributed by atoms with Crippen molar-refractivity contribution in [3.63, 3.8) is 0 Å². The van der Waals surface area contributed by atoms with Crippen molar-refractivity contribution in [3.05, 3.63) is 259 Å². The molecule has 0 aromatic heterocycles. The van der Waals surface area contributed by atoms with Gasteiger partial charge in [-0.1, -0.05) is 182 Å². The highest BCUT2D eigenvalue weighted by molar-refractivity contribution is 6.05. The van der Waals surface area contributed by atoms with E-state index in [0.29, 0.717) is 0 Å². The van der Waals surface area contributed by atoms with Crippen LogP contribution < -0.4 is 9.64 Å². The van der Waals surface area contributed by atoms with E-state index in [1.54, 1.807) is 0 Å². The highest BCUT2D eigenvalue weighted by Gasteiger charge is 2.51. The van der Waals surface area contributed by atoms with Gasteiger partial charge in [-0.25, -0.2) is 0 Å². The third-order valence-electron chi connectivity index (χ3n) is 12.8. The van der Waals surface area contributed by atoms with Crippen LogP contribution >= 0.6 is 0 Å². The summed E-state index contributed by atoms with van der Waals surface area (Å²) < 4.78 is 6.62. The Hall–Kier alpha value is -7.94. The second-order valence-electron chi connectivity index (χ2n) is 16.0. The minimum atomic E-state index is -0.519. The molecule has 1 heterocycles. The van der Waals surface area contributed by atoms with Crippen molar-refractivity contribution in [2.75, 3.05) is 4.90 Å². The first-order valence-corrected chi connectivity index (χ1v) is 21.0. The van der Waals surface area contributed by atoms with Crippen molar-refractivity contribution in [1.82, 2.24) is 0 Å². The Labute approximate surface area is 356 Å². The lowest BCUT2D eigenvalue weighted by atomic mass is 9.66. The molecule has 0 unspecified atom stereocenters. The highest BCUT2D eigenvalue weighted by Crippen LogP contribution is 2.63. The summed E-state index contributed by atoms with van der Waals surface area (Å²) in [4.78, 5) is 2.35. The molecule has 12 rings (SSSR count). The Bertz CT molecular complexity index is 3110. The van der Waals surface area contributed by atoms with Gasteiger partial charge in [0, 0.05) is 28.2 Å². The van der Waals surface area contributed by atoms with E-state index in [4.69, 9.17) is 4.74 Å². The number of nitrogens with zero attached hydrogens (tertiary/aromatic N) is 1. The summed E-state index contributed by atoms with van der Waals surface area (Å²) in [6, 6.07) is 85.7. The summed E-state index contributed by atoms with van der Waals surface area (Å²) in [6.45, 7) is 0. The van der Waals surface area contributed by atoms with Gasteiger partial charge in [0.2, 0.25) is 0 Å². The van der Waals surface area contributed by atoms with Crippen LogP contribution in [0.5, 0.6) is 11.5 Å². The number of anilines is 3. The topological polar surface area (TPSA) is 12.5 Å². The minimum Gasteiger partial charge on any atom is -0.457 e. The van der Waals surface area contributed by atoms with Crippen LogP contribution in [0, 0.1) is 0 Å². The molecule has 0 saturated carbocycles. The van der Waals surface area contributed by atoms with Crippen LogP contribution in [0.15, 0.2) is 237 Å². The van der Waals surface area contributed by atoms with Crippen molar-refractivity contribution >= 4 is 27.8 Å². The summed E-state index contributed by atoms with van der Waals surface area (Å²) in [5, 5.41) is 2.50. The van der Waals surface area contributed by atoms with Crippen LogP contribution in [0.1, 0.15) is 22.3 Å². The van der Waals surface area contributed by atoms with Crippen molar-refractivity contribution < 1.29 is 4.74 Å². The molecule has 0 bridgehead atoms. The van der Waals surface area contributed by atoms with Gasteiger partial charge in [0.15, 0.2) is 0 Å². The molecule has 0 N–H and O–H groups in total. The van der Waals surface area contributed by atoms with Gasteiger partial charge in [-0.3, -0.25) is 0 Å². The van der Waals surface area contributed by atoms with Crippen molar-refractivity contribution in [3.8, 4) is 56.0 Å². The van der Waals surface area contributed by atoms with Crippen molar-refractivity contribution in [1.29, 1.82) is 0 Å². The molecule has 1 aliphatic carbocycles. The second-order valence-corrected chi connectivity index (χ2v) is 16.0. The first-order valence-electron chi connectivity index (χ1n) is 21.0. The zero-order valence-corrected chi connectivity index (χ0v) is 33.4. The molecule has 0 saturated heterocycles. The Morgan fingerprint density at radius 1 is 0.311 bits per heavy atom. The molecule has 10 aromatic carbocycles. The third kappa shape index (κ3) is 5.57. The van der Waals surface area contributed by atoms with Gasteiger partial charge in [0.25, 0.3) is 0 Å². The molecule has 1 aliphatic heterocycles. The summed E-state index contributed by atoms with van der Waals surface area (Å²) in [6.07, 6.45) is 0. The van der Waals surface area contributed by atoms with Crippen LogP contribution in [-0.4, -0.2) is 0 Å². The second kappa shape index (κ2) is 14.1. The normalized spacial score (nSPS) is 12.9. The average molecular weight is 778 g/mol. The highest BCUT2D eigenvalue weighted by atomic mass is 16.5. The molecule has 2 aliphatic rings. The van der Waals surface area contributed by atoms with E-state index in [-0.39, 0.29) is 0 Å². The Kier molecular flexibility index (Phi) is 8.11. The third-order valence-corrected chi connectivity index (χ3v) is 12.8. The zero-order valence-electron chi connectivity index (χ0n) is 33.4. The number of benzene rings is 10. The average Bonchev–Trinajstić information content (AvgIpc) is 3.63. The van der Waals surface area contributed by atoms with E-state index in [1.165, 1.54) is 77.5 Å². The maximum absolute atomic E-state index is 6.62. The first-order chi connectivity index (χ1) is 30.2. The van der Waals surface area contributed by atoms with E-state index >= 15 is 0 Å². The summed E-state index contributed by atoms with van der Waals surface area (Å²) >= 11 is 0. The van der Waals surface area contributed by atoms with Crippen molar-refractivity contribution in [2.24, 2.45) is 0 Å². The number of fused-ring (bicyclic) bond motifs is 11. The maximum Gasteiger partial charge on any atom is 0.132 e. The Morgan fingerprint density at radius 2 is 0.738 bits per heavy atom. The van der Waals surface area contributed by atoms with Gasteiger partial charge in [-0.2, -0.15) is 0 Å². The molecule has 286 valence electrons. The first kappa shape index (κ1) is 35.0. The Morgan fingerprint density at radius 3 is 1.30 bits per heavy atom. The van der Waals surface area contributed by atoms with Crippen LogP contribution in [0.3, 0.4) is 0 Å². The SMILES string of the molecule is c1ccc(-c2ccc(N(c3ccc(-c4ccccc4)cc3)c3ccc(-c4ccc5c(c4)-c4c(ccc6ccccc46)C54c5ccccc5Oc5ccccc54)cc3)cc2)cc1. The Balaban J connectivity index is 0.984. The van der Waals surface area contributed by atoms with Gasteiger partial charge >= 0.3 is 0 Å². The van der Waals surface area contributed by atoms with Gasteiger partial charge in [0.05, 0.1) is 5.41 Å². The lowest BCUT2D eigenvalue weighted by molar-refractivity contribution is 0.436. The standard InChI is InChI=1S/C59H39NO/c1-3-13-40(14-4-1)42-23-31-47(32-24-42)60(48-33-25-43(26-34-48)41-15-5-2-6-16-41)49-35-27-44(28-36-49)46-30-37-52-51(39-46)58-50-18-8-7-17-45(50)29-38-55(58)59(52)53-19-9-11-21-56(53)61-57-22-12-10-20-54(57)59/h1-39H. The molecule has 2 nitrogen and oxygen atoms in total. The van der Waals surface area contributed by atoms with Crippen LogP contribution in [-0.2, 0) is 5.41 Å². The molecule has 0 radical (unpaired) electrons. The fraction of sp³-hybridized carbons (Fsp3) is 0.0169. The van der Waals surface area contributed by atoms with E-state index in [2.05, 4.69) is 241 Å². The maximum atomic E-state index is 6.62. The van der Waals surface area contributed by atoms with Crippen LogP contribution in [0.25, 0.3) is 55.3 Å². The quantitative estimate of drug-likeness (QED) is 0.167. The lowest BCUT2D eigenvalue weighted by Gasteiger charge is -2.39. The molecular weight excluding hydrogens is 739 g/mol. The van der Waals surface area contributed by atoms with Gasteiger partial charge in [-0.15, -0.1) is 0 Å². The number of ether oxygens (including phenoxy) is 1. The van der Waals surface area contributed by atoms with E-state index in [9.17, 15) is 0 Å². The zero-order chi connectivity index (χ0) is 40.3. The van der Waals surface area contributed by atoms with Crippen molar-refractivity contribution in [2.45, 2.75) is 5.41 Å². The lowest BCUT2D eigenvalue weighted by Crippen LogP contribution is -2.32. The molecule has 0 atom stereocenters. The number of hydrogen-bond donors (Lipinski definition) is 0. The monoisotopic (exact) mass is 777 g/mol. The van der Waals surface area contributed by atoms with Crippen LogP contribution in [0.4, 0.5) is 17.1 Å². The van der Waals surface area contributed by atoms with E-state index in [0.717, 1.165) is 28.6 Å². The van der Waals surface area contributed by atoms with Gasteiger partial charge < -0.3 is 9.64 Å². The summed E-state index contributed by atoms with van der Waals surface area (Å²) in [5.41, 5.74) is 17.4. The van der Waals surface area contributed by atoms with E-state index < -0.39 is 5.41 Å². The molecule has 2 heteroatoms. The number of hydrogen-bond acceptors (Lipinski definition) is 2. The number of rotatable bonds is 6. The predicted molar refractivity (Wildman–Crippen MR) is 252 cm³/mol. The summed E-state index contributed by atoms with van der Waals surface area (Å²) in [7, 11) is 0. The van der Waals surface area contributed by atoms with E-state index in [1.807, 2.05) is 0 Å². The largest absolute Gasteiger partial charge is 0.457 e. The predicted octanol–water partition coefficient (Wildman–Crippen LogP) is 15.8. The molecule has 10 aromatic rings. The number of para-hydroxylation sites is 2. The molecular formula is C59H39NO. The molecule has 1 spiro atoms. The van der Waals surface area contributed by atoms with Gasteiger partial charge in [0.1, 0.15) is 11.5 Å². The smallest absolute Gasteiger partial charge is 0.132 e. The molecule has 0 amide bonds.